The van der Waals surface area contributed by atoms with Crippen LogP contribution < -0.4 is 10.2 Å². The number of hydrogen-bond donors (Lipinski definition) is 1. The van der Waals surface area contributed by atoms with E-state index in [1.54, 1.807) is 0 Å². The van der Waals surface area contributed by atoms with E-state index in [0.717, 1.165) is 28.0 Å². The number of benzene rings is 2. The Morgan fingerprint density at radius 2 is 2.00 bits per heavy atom. The van der Waals surface area contributed by atoms with Gasteiger partial charge in [-0.25, -0.2) is 4.79 Å². The number of carbonyl (C=O) groups is 1. The molecule has 1 saturated carbocycles. The Morgan fingerprint density at radius 1 is 1.26 bits per heavy atom. The lowest BCUT2D eigenvalue weighted by atomic mass is 9.80. The molecule has 0 radical (unpaired) electrons. The van der Waals surface area contributed by atoms with Crippen molar-refractivity contribution in [2.24, 2.45) is 5.92 Å². The van der Waals surface area contributed by atoms with E-state index in [9.17, 15) is 4.79 Å². The van der Waals surface area contributed by atoms with Gasteiger partial charge >= 0.3 is 6.03 Å². The number of nitrogens with zero attached hydrogens (tertiary/aromatic N) is 1. The van der Waals surface area contributed by atoms with Gasteiger partial charge < -0.3 is 5.32 Å². The molecule has 2 amide bonds. The molecule has 0 bridgehead atoms. The Balaban J connectivity index is 1.48. The van der Waals surface area contributed by atoms with Crippen LogP contribution >= 0.6 is 27.7 Å². The van der Waals surface area contributed by atoms with E-state index in [-0.39, 0.29) is 11.4 Å². The quantitative estimate of drug-likeness (QED) is 0.576. The number of halogens is 1. The lowest BCUT2D eigenvalue weighted by Gasteiger charge is -2.25. The summed E-state index contributed by atoms with van der Waals surface area (Å²) in [6.45, 7) is 5.79. The minimum atomic E-state index is -0.00467. The molecule has 5 heteroatoms. The molecule has 1 atom stereocenters. The van der Waals surface area contributed by atoms with Gasteiger partial charge in [0.15, 0.2) is 0 Å². The molecule has 27 heavy (non-hydrogen) atoms. The van der Waals surface area contributed by atoms with E-state index in [4.69, 9.17) is 0 Å². The van der Waals surface area contributed by atoms with E-state index >= 15 is 0 Å². The average Bonchev–Trinajstić information content (AvgIpc) is 3.48. The normalized spacial score (nSPS) is 21.2. The van der Waals surface area contributed by atoms with Crippen molar-refractivity contribution in [3.8, 4) is 0 Å². The maximum Gasteiger partial charge on any atom is 0.322 e. The van der Waals surface area contributed by atoms with Crippen LogP contribution in [-0.2, 0) is 12.0 Å². The van der Waals surface area contributed by atoms with Gasteiger partial charge in [0.1, 0.15) is 0 Å². The molecule has 1 fully saturated rings. The summed E-state index contributed by atoms with van der Waals surface area (Å²) in [7, 11) is 0. The summed E-state index contributed by atoms with van der Waals surface area (Å²) < 4.78 is 1.08. The van der Waals surface area contributed by atoms with Crippen molar-refractivity contribution in [1.82, 2.24) is 5.32 Å². The Labute approximate surface area is 174 Å². The van der Waals surface area contributed by atoms with Gasteiger partial charge in [-0.1, -0.05) is 41.9 Å². The van der Waals surface area contributed by atoms with Crippen molar-refractivity contribution in [2.45, 2.75) is 43.5 Å². The maximum atomic E-state index is 13.0. The molecule has 2 aromatic rings. The zero-order valence-corrected chi connectivity index (χ0v) is 18.2. The van der Waals surface area contributed by atoms with E-state index in [2.05, 4.69) is 71.5 Å². The monoisotopic (exact) mass is 444 g/mol. The molecule has 1 N–H and O–H groups in total. The van der Waals surface area contributed by atoms with Crippen molar-refractivity contribution >= 4 is 39.4 Å². The van der Waals surface area contributed by atoms with Gasteiger partial charge in [-0.05, 0) is 66.0 Å². The highest BCUT2D eigenvalue weighted by Gasteiger charge is 2.50. The first-order chi connectivity index (χ1) is 13.0. The highest BCUT2D eigenvalue weighted by molar-refractivity contribution is 9.10. The molecular formula is C22H25BrN2OS. The zero-order chi connectivity index (χ0) is 19.0. The molecule has 0 saturated heterocycles. The molecule has 1 aliphatic heterocycles. The molecule has 1 aliphatic carbocycles. The molecule has 1 unspecified atom stereocenters. The van der Waals surface area contributed by atoms with Gasteiger partial charge in [0.25, 0.3) is 0 Å². The van der Waals surface area contributed by atoms with Gasteiger partial charge in [-0.2, -0.15) is 0 Å². The van der Waals surface area contributed by atoms with Crippen LogP contribution in [0.3, 0.4) is 0 Å². The van der Waals surface area contributed by atoms with Gasteiger partial charge in [0.05, 0.1) is 0 Å². The second kappa shape index (κ2) is 7.51. The van der Waals surface area contributed by atoms with Gasteiger partial charge in [0.2, 0.25) is 0 Å². The molecule has 2 aromatic carbocycles. The Hall–Kier alpha value is -1.46. The number of hydrogen-bond acceptors (Lipinski definition) is 2. The molecule has 3 nitrogen and oxygen atoms in total. The molecule has 0 aromatic heterocycles. The van der Waals surface area contributed by atoms with Crippen LogP contribution in [0.25, 0.3) is 0 Å². The highest BCUT2D eigenvalue weighted by atomic mass is 79.9. The number of rotatable bonds is 5. The lowest BCUT2D eigenvalue weighted by Crippen LogP contribution is -2.42. The summed E-state index contributed by atoms with van der Waals surface area (Å²) in [5.74, 6) is 1.76. The first-order valence-electron chi connectivity index (χ1n) is 9.58. The predicted octanol–water partition coefficient (Wildman–Crippen LogP) is 5.96. The maximum absolute atomic E-state index is 13.0. The summed E-state index contributed by atoms with van der Waals surface area (Å²) in [6, 6.07) is 14.7. The van der Waals surface area contributed by atoms with Crippen molar-refractivity contribution in [3.05, 3.63) is 58.1 Å². The minimum Gasteiger partial charge on any atom is -0.334 e. The molecule has 142 valence electrons. The lowest BCUT2D eigenvalue weighted by molar-refractivity contribution is 0.244. The van der Waals surface area contributed by atoms with Crippen molar-refractivity contribution in [1.29, 1.82) is 0 Å². The van der Waals surface area contributed by atoms with Gasteiger partial charge in [0, 0.05) is 33.6 Å². The number of urea groups is 1. The SMILES string of the molecule is CCSc1ccc(CNC(=O)N2CC(C)(C3CC3)c3cc(Br)ccc32)cc1. The molecule has 0 spiro atoms. The molecule has 4 rings (SSSR count). The van der Waals surface area contributed by atoms with Crippen LogP contribution in [0.4, 0.5) is 10.5 Å². The van der Waals surface area contributed by atoms with Crippen LogP contribution in [0.15, 0.2) is 51.8 Å². The number of nitrogens with one attached hydrogen (secondary N) is 1. The van der Waals surface area contributed by atoms with E-state index in [1.165, 1.54) is 23.3 Å². The first kappa shape index (κ1) is 18.9. The summed E-state index contributed by atoms with van der Waals surface area (Å²) in [5.41, 5.74) is 3.55. The van der Waals surface area contributed by atoms with Crippen LogP contribution in [0.1, 0.15) is 37.8 Å². The molecule has 1 heterocycles. The summed E-state index contributed by atoms with van der Waals surface area (Å²) >= 11 is 5.43. The number of anilines is 1. The largest absolute Gasteiger partial charge is 0.334 e. The standard InChI is InChI=1S/C22H25BrN2OS/c1-3-27-18-9-4-15(5-10-18)13-24-21(26)25-14-22(2,16-6-7-16)19-12-17(23)8-11-20(19)25/h4-5,8-12,16H,3,6-7,13-14H2,1-2H3,(H,24,26). The topological polar surface area (TPSA) is 32.3 Å². The molecular weight excluding hydrogens is 420 g/mol. The highest BCUT2D eigenvalue weighted by Crippen LogP contribution is 2.54. The minimum absolute atomic E-state index is 0.00467. The van der Waals surface area contributed by atoms with Crippen LogP contribution in [0.5, 0.6) is 0 Å². The van der Waals surface area contributed by atoms with E-state index in [1.807, 2.05) is 22.7 Å². The Morgan fingerprint density at radius 3 is 2.67 bits per heavy atom. The Bertz CT molecular complexity index is 850. The van der Waals surface area contributed by atoms with E-state index in [0.29, 0.717) is 12.5 Å². The van der Waals surface area contributed by atoms with Crippen LogP contribution in [0.2, 0.25) is 0 Å². The van der Waals surface area contributed by atoms with Crippen molar-refractivity contribution in [3.63, 3.8) is 0 Å². The van der Waals surface area contributed by atoms with Gasteiger partial charge in [-0.3, -0.25) is 4.90 Å². The van der Waals surface area contributed by atoms with E-state index < -0.39 is 0 Å². The predicted molar refractivity (Wildman–Crippen MR) is 117 cm³/mol. The third-order valence-corrected chi connectivity index (χ3v) is 7.14. The Kier molecular flexibility index (Phi) is 5.26. The fourth-order valence-electron chi connectivity index (χ4n) is 4.09. The van der Waals surface area contributed by atoms with Crippen molar-refractivity contribution in [2.75, 3.05) is 17.2 Å². The first-order valence-corrected chi connectivity index (χ1v) is 11.4. The number of fused-ring (bicyclic) bond motifs is 1. The van der Waals surface area contributed by atoms with Gasteiger partial charge in [-0.15, -0.1) is 11.8 Å². The average molecular weight is 445 g/mol. The summed E-state index contributed by atoms with van der Waals surface area (Å²) in [6.07, 6.45) is 2.53. The summed E-state index contributed by atoms with van der Waals surface area (Å²) in [5, 5.41) is 3.11. The third-order valence-electron chi connectivity index (χ3n) is 5.75. The second-order valence-electron chi connectivity index (χ2n) is 7.68. The second-order valence-corrected chi connectivity index (χ2v) is 9.93. The summed E-state index contributed by atoms with van der Waals surface area (Å²) in [4.78, 5) is 16.2. The van der Waals surface area contributed by atoms with Crippen molar-refractivity contribution < 1.29 is 4.79 Å². The smallest absolute Gasteiger partial charge is 0.322 e. The van der Waals surface area contributed by atoms with Crippen LogP contribution in [0, 0.1) is 5.92 Å². The number of amides is 2. The number of carbonyl (C=O) groups excluding carboxylic acids is 1. The number of thioether (sulfide) groups is 1. The zero-order valence-electron chi connectivity index (χ0n) is 15.8. The fraction of sp³-hybridized carbons (Fsp3) is 0.409. The molecule has 2 aliphatic rings. The van der Waals surface area contributed by atoms with Crippen LogP contribution in [-0.4, -0.2) is 18.3 Å². The fourth-order valence-corrected chi connectivity index (χ4v) is 5.12. The third kappa shape index (κ3) is 3.77.